The molecule has 4 N–H and O–H groups in total. The van der Waals surface area contributed by atoms with Crippen molar-refractivity contribution in [2.75, 3.05) is 26.2 Å². The van der Waals surface area contributed by atoms with E-state index in [9.17, 15) is 4.79 Å². The van der Waals surface area contributed by atoms with Gasteiger partial charge in [0.05, 0.1) is 24.5 Å². The molecule has 5 aliphatic rings. The van der Waals surface area contributed by atoms with Crippen molar-refractivity contribution in [1.82, 2.24) is 45.9 Å². The van der Waals surface area contributed by atoms with Crippen LogP contribution >= 0.6 is 48.9 Å². The van der Waals surface area contributed by atoms with Gasteiger partial charge in [0.1, 0.15) is 0 Å². The Hall–Kier alpha value is -3.98. The van der Waals surface area contributed by atoms with E-state index in [-0.39, 0.29) is 6.03 Å². The zero-order valence-electron chi connectivity index (χ0n) is 27.9. The van der Waals surface area contributed by atoms with E-state index in [2.05, 4.69) is 93.4 Å². The lowest BCUT2D eigenvalue weighted by Crippen LogP contribution is -2.57. The standard InChI is InChI=1S/C35H43N9OS4/c1-3-41-23-29-7-5-8-30(40-29)24-42(4-2)32(47)37-20-26-11-15-28(16-12-26)22-39-34(49)44-18-6-17-43(35(44)45)33(48)38-21-27-13-9-25(10-14-27)19-36-31(41)46/h5,7-16H,3-4,6,17-24H2,1-2H3,(H,36,46)(H,37,47)(H,38,48)(H,39,49). The first-order valence-electron chi connectivity index (χ1n) is 16.5. The maximum Gasteiger partial charge on any atom is 0.332 e. The molecule has 14 heteroatoms. The lowest BCUT2D eigenvalue weighted by atomic mass is 10.1. The second kappa shape index (κ2) is 17.6. The third-order valence-corrected chi connectivity index (χ3v) is 9.98. The van der Waals surface area contributed by atoms with E-state index in [1.165, 1.54) is 0 Å². The predicted octanol–water partition coefficient (Wildman–Crippen LogP) is 4.77. The molecule has 1 aromatic heterocycles. The summed E-state index contributed by atoms with van der Waals surface area (Å²) in [7, 11) is 0. The summed E-state index contributed by atoms with van der Waals surface area (Å²) in [5.74, 6) is 0. The minimum Gasteiger partial charge on any atom is -0.358 e. The van der Waals surface area contributed by atoms with Crippen molar-refractivity contribution in [1.29, 1.82) is 0 Å². The van der Waals surface area contributed by atoms with Gasteiger partial charge in [-0.05, 0) is 104 Å². The van der Waals surface area contributed by atoms with Crippen molar-refractivity contribution in [3.8, 4) is 0 Å². The molecule has 49 heavy (non-hydrogen) atoms. The highest BCUT2D eigenvalue weighted by atomic mass is 32.1. The van der Waals surface area contributed by atoms with Crippen LogP contribution in [0, 0.1) is 0 Å². The van der Waals surface area contributed by atoms with Crippen LogP contribution in [0.2, 0.25) is 0 Å². The molecular weight excluding hydrogens is 691 g/mol. The van der Waals surface area contributed by atoms with E-state index in [1.54, 1.807) is 9.80 Å². The maximum absolute atomic E-state index is 13.4. The first-order valence-corrected chi connectivity index (χ1v) is 18.2. The number of nitrogens with zero attached hydrogens (tertiary/aromatic N) is 5. The Labute approximate surface area is 310 Å². The van der Waals surface area contributed by atoms with E-state index in [4.69, 9.17) is 53.9 Å². The van der Waals surface area contributed by atoms with Gasteiger partial charge < -0.3 is 31.1 Å². The zero-order chi connectivity index (χ0) is 34.8. The Morgan fingerprint density at radius 1 is 0.571 bits per heavy atom. The summed E-state index contributed by atoms with van der Waals surface area (Å²) >= 11 is 22.8. The topological polar surface area (TPSA) is 91.0 Å². The lowest BCUT2D eigenvalue weighted by molar-refractivity contribution is 0.182. The molecule has 0 spiro atoms. The number of nitrogens with one attached hydrogen (secondary N) is 4. The number of carbonyl (C=O) groups excluding carboxylic acids is 1. The van der Waals surface area contributed by atoms with Crippen molar-refractivity contribution in [2.24, 2.45) is 0 Å². The first-order chi connectivity index (χ1) is 23.7. The van der Waals surface area contributed by atoms with Crippen LogP contribution in [-0.2, 0) is 39.3 Å². The van der Waals surface area contributed by atoms with Crippen LogP contribution < -0.4 is 21.3 Å². The number of hydrogen-bond donors (Lipinski definition) is 4. The molecule has 0 atom stereocenters. The Kier molecular flexibility index (Phi) is 13.0. The smallest absolute Gasteiger partial charge is 0.332 e. The van der Waals surface area contributed by atoms with Gasteiger partial charge in [-0.1, -0.05) is 54.6 Å². The Balaban J connectivity index is 1.32. The fourth-order valence-electron chi connectivity index (χ4n) is 5.53. The number of thiocarbonyl (C=S) groups is 4. The summed E-state index contributed by atoms with van der Waals surface area (Å²) in [6, 6.07) is 22.4. The summed E-state index contributed by atoms with van der Waals surface area (Å²) in [6.45, 7) is 10.2. The number of urea groups is 1. The van der Waals surface area contributed by atoms with E-state index < -0.39 is 0 Å². The Morgan fingerprint density at radius 3 is 1.27 bits per heavy atom. The summed E-state index contributed by atoms with van der Waals surface area (Å²) in [5, 5.41) is 15.4. The van der Waals surface area contributed by atoms with Crippen LogP contribution in [0.25, 0.3) is 0 Å². The molecular formula is C35H43N9OS4. The van der Waals surface area contributed by atoms with Crippen molar-refractivity contribution in [2.45, 2.75) is 59.5 Å². The molecule has 8 rings (SSSR count). The van der Waals surface area contributed by atoms with Crippen molar-refractivity contribution in [3.05, 3.63) is 100 Å². The predicted molar refractivity (Wildman–Crippen MR) is 210 cm³/mol. The van der Waals surface area contributed by atoms with E-state index in [0.29, 0.717) is 72.8 Å². The number of aromatic nitrogens is 1. The number of pyridine rings is 1. The number of carbonyl (C=O) groups is 1. The van der Waals surface area contributed by atoms with Crippen molar-refractivity contribution >= 4 is 75.4 Å². The van der Waals surface area contributed by atoms with Crippen molar-refractivity contribution < 1.29 is 4.79 Å². The monoisotopic (exact) mass is 733 g/mol. The Bertz CT molecular complexity index is 1540. The maximum atomic E-state index is 13.4. The SMILES string of the molecule is CCN1Cc2cccc(n2)CN(CC)C(=S)NCc2ccc(cc2)CNC(=S)N2CCCN(C2=O)C(=S)NCc2ccc(cc2)CNC1=S. The van der Waals surface area contributed by atoms with Crippen LogP contribution in [-0.4, -0.2) is 77.2 Å². The van der Waals surface area contributed by atoms with Crippen LogP contribution in [0.3, 0.4) is 0 Å². The van der Waals surface area contributed by atoms with Crippen LogP contribution in [0.15, 0.2) is 66.7 Å². The van der Waals surface area contributed by atoms with Gasteiger partial charge in [-0.25, -0.2) is 4.79 Å². The fraction of sp³-hybridized carbons (Fsp3) is 0.371. The van der Waals surface area contributed by atoms with Gasteiger partial charge in [0.15, 0.2) is 20.4 Å². The van der Waals surface area contributed by atoms with Gasteiger partial charge in [0.2, 0.25) is 0 Å². The molecule has 0 unspecified atom stereocenters. The van der Waals surface area contributed by atoms with Gasteiger partial charge in [-0.2, -0.15) is 0 Å². The molecule has 0 saturated carbocycles. The quantitative estimate of drug-likeness (QED) is 0.274. The van der Waals surface area contributed by atoms with Gasteiger partial charge in [0.25, 0.3) is 0 Å². The molecule has 10 nitrogen and oxygen atoms in total. The molecule has 5 aliphatic heterocycles. The number of benzene rings is 2. The van der Waals surface area contributed by atoms with E-state index >= 15 is 0 Å². The molecule has 2 aromatic carbocycles. The fourth-order valence-corrected chi connectivity index (χ4v) is 6.54. The van der Waals surface area contributed by atoms with E-state index in [1.807, 2.05) is 18.2 Å². The highest BCUT2D eigenvalue weighted by Crippen LogP contribution is 2.13. The highest BCUT2D eigenvalue weighted by Gasteiger charge is 2.30. The van der Waals surface area contributed by atoms with E-state index in [0.717, 1.165) is 53.2 Å². The number of rotatable bonds is 2. The minimum atomic E-state index is -0.221. The molecule has 8 bridgehead atoms. The first kappa shape index (κ1) is 36.3. The Morgan fingerprint density at radius 2 is 0.918 bits per heavy atom. The molecule has 1 fully saturated rings. The van der Waals surface area contributed by atoms with Crippen LogP contribution in [0.4, 0.5) is 4.79 Å². The summed E-state index contributed by atoms with van der Waals surface area (Å²) < 4.78 is 0. The number of amides is 2. The molecule has 0 aliphatic carbocycles. The molecule has 3 aromatic rings. The molecule has 6 heterocycles. The third-order valence-electron chi connectivity index (χ3n) is 8.44. The summed E-state index contributed by atoms with van der Waals surface area (Å²) in [5.41, 5.74) is 6.21. The summed E-state index contributed by atoms with van der Waals surface area (Å²) in [4.78, 5) is 25.7. The van der Waals surface area contributed by atoms with Crippen LogP contribution in [0.1, 0.15) is 53.9 Å². The summed E-state index contributed by atoms with van der Waals surface area (Å²) in [6.07, 6.45) is 0.760. The van der Waals surface area contributed by atoms with Crippen LogP contribution in [0.5, 0.6) is 0 Å². The molecule has 1 saturated heterocycles. The second-order valence-corrected chi connectivity index (χ2v) is 13.4. The lowest BCUT2D eigenvalue weighted by Gasteiger charge is -2.35. The van der Waals surface area contributed by atoms with Gasteiger partial charge >= 0.3 is 6.03 Å². The largest absolute Gasteiger partial charge is 0.358 e. The highest BCUT2D eigenvalue weighted by molar-refractivity contribution is 7.80. The number of hydrogen-bond acceptors (Lipinski definition) is 6. The second-order valence-electron chi connectivity index (χ2n) is 11.9. The molecule has 2 amide bonds. The van der Waals surface area contributed by atoms with Gasteiger partial charge in [-0.3, -0.25) is 14.8 Å². The molecule has 0 radical (unpaired) electrons. The molecule has 258 valence electrons. The normalized spacial score (nSPS) is 17.3. The average molecular weight is 734 g/mol. The van der Waals surface area contributed by atoms with Crippen molar-refractivity contribution in [3.63, 3.8) is 0 Å². The average Bonchev–Trinajstić information content (AvgIpc) is 3.12. The van der Waals surface area contributed by atoms with Gasteiger partial charge in [0, 0.05) is 52.4 Å². The minimum absolute atomic E-state index is 0.221. The third kappa shape index (κ3) is 10.0. The zero-order valence-corrected chi connectivity index (χ0v) is 31.2. The van der Waals surface area contributed by atoms with Gasteiger partial charge in [-0.15, -0.1) is 0 Å².